The van der Waals surface area contributed by atoms with E-state index in [0.717, 1.165) is 0 Å². The molecule has 0 saturated heterocycles. The van der Waals surface area contributed by atoms with Crippen molar-refractivity contribution >= 4 is 40.2 Å². The Kier molecular flexibility index (Phi) is 4.01. The Morgan fingerprint density at radius 3 is 2.79 bits per heavy atom. The summed E-state index contributed by atoms with van der Waals surface area (Å²) in [6.07, 6.45) is 2.71. The first-order chi connectivity index (χ1) is 11.5. The van der Waals surface area contributed by atoms with Gasteiger partial charge in [-0.15, -0.1) is 0 Å². The van der Waals surface area contributed by atoms with E-state index >= 15 is 0 Å². The number of carbonyl (C=O) groups is 2. The number of anilines is 1. The van der Waals surface area contributed by atoms with Gasteiger partial charge < -0.3 is 15.4 Å². The summed E-state index contributed by atoms with van der Waals surface area (Å²) >= 11 is 5.56. The molecule has 3 N–H and O–H groups in total. The maximum absolute atomic E-state index is 11.6. The lowest BCUT2D eigenvalue weighted by atomic mass is 10.1. The van der Waals surface area contributed by atoms with Crippen molar-refractivity contribution in [3.63, 3.8) is 0 Å². The average molecular weight is 343 g/mol. The van der Waals surface area contributed by atoms with E-state index in [1.165, 1.54) is 12.5 Å². The van der Waals surface area contributed by atoms with Gasteiger partial charge in [-0.1, -0.05) is 30.3 Å². The van der Waals surface area contributed by atoms with Crippen LogP contribution in [-0.2, 0) is 4.79 Å². The molecule has 0 spiro atoms. The van der Waals surface area contributed by atoms with E-state index in [9.17, 15) is 14.7 Å². The van der Waals surface area contributed by atoms with E-state index < -0.39 is 11.9 Å². The van der Waals surface area contributed by atoms with Crippen LogP contribution < -0.4 is 5.32 Å². The Labute approximate surface area is 141 Å². The van der Waals surface area contributed by atoms with Crippen molar-refractivity contribution in [2.45, 2.75) is 0 Å². The van der Waals surface area contributed by atoms with Crippen molar-refractivity contribution in [2.24, 2.45) is 0 Å². The summed E-state index contributed by atoms with van der Waals surface area (Å²) < 4.78 is 0. The number of aromatic nitrogens is 3. The minimum atomic E-state index is -1.08. The largest absolute Gasteiger partial charge is 0.478 e. The molecule has 0 atom stereocenters. The van der Waals surface area contributed by atoms with Crippen molar-refractivity contribution < 1.29 is 14.7 Å². The Hall–Kier alpha value is -3.19. The molecule has 0 radical (unpaired) electrons. The van der Waals surface area contributed by atoms with E-state index in [4.69, 9.17) is 11.6 Å². The molecule has 0 saturated carbocycles. The molecular weight excluding hydrogens is 332 g/mol. The van der Waals surface area contributed by atoms with Crippen molar-refractivity contribution in [3.8, 4) is 11.3 Å². The van der Waals surface area contributed by atoms with Gasteiger partial charge in [0.25, 0.3) is 5.91 Å². The van der Waals surface area contributed by atoms with Gasteiger partial charge in [-0.25, -0.2) is 14.8 Å². The second-order valence-corrected chi connectivity index (χ2v) is 5.35. The second kappa shape index (κ2) is 6.13. The van der Waals surface area contributed by atoms with E-state index in [-0.39, 0.29) is 10.6 Å². The Morgan fingerprint density at radius 1 is 1.29 bits per heavy atom. The summed E-state index contributed by atoms with van der Waals surface area (Å²) in [5.74, 6) is -1.60. The van der Waals surface area contributed by atoms with Gasteiger partial charge in [-0.3, -0.25) is 4.79 Å². The van der Waals surface area contributed by atoms with E-state index in [1.807, 2.05) is 0 Å². The topological polar surface area (TPSA) is 108 Å². The van der Waals surface area contributed by atoms with Crippen LogP contribution in [0.15, 0.2) is 48.4 Å². The number of carbonyl (C=O) groups excluding carboxylic acids is 1. The Morgan fingerprint density at radius 2 is 2.08 bits per heavy atom. The minimum Gasteiger partial charge on any atom is -0.478 e. The van der Waals surface area contributed by atoms with Crippen LogP contribution in [0.1, 0.15) is 10.4 Å². The number of aromatic amines is 1. The molecule has 7 nitrogen and oxygen atoms in total. The van der Waals surface area contributed by atoms with Gasteiger partial charge in [0.1, 0.15) is 12.0 Å². The average Bonchev–Trinajstić information content (AvgIpc) is 2.99. The number of amides is 1. The van der Waals surface area contributed by atoms with Crippen LogP contribution in [-0.4, -0.2) is 31.9 Å². The smallest absolute Gasteiger partial charge is 0.338 e. The molecular formula is C16H11ClN4O3. The Bertz CT molecular complexity index is 980. The molecule has 3 aromatic rings. The van der Waals surface area contributed by atoms with Gasteiger partial charge >= 0.3 is 5.97 Å². The number of halogens is 1. The lowest BCUT2D eigenvalue weighted by Gasteiger charge is -2.07. The number of rotatable bonds is 4. The van der Waals surface area contributed by atoms with Crippen LogP contribution in [0.3, 0.4) is 0 Å². The zero-order valence-corrected chi connectivity index (χ0v) is 13.0. The van der Waals surface area contributed by atoms with Crippen molar-refractivity contribution in [2.75, 3.05) is 5.32 Å². The maximum atomic E-state index is 11.6. The SMILES string of the molecule is C=C(Cl)C(=O)Nc1cccc(-c2ncnc3[nH]cc(C(=O)O)c23)c1. The highest BCUT2D eigenvalue weighted by atomic mass is 35.5. The van der Waals surface area contributed by atoms with E-state index in [0.29, 0.717) is 28.0 Å². The van der Waals surface area contributed by atoms with Crippen LogP contribution in [0.4, 0.5) is 5.69 Å². The maximum Gasteiger partial charge on any atom is 0.338 e. The highest BCUT2D eigenvalue weighted by Gasteiger charge is 2.17. The fourth-order valence-electron chi connectivity index (χ4n) is 2.29. The lowest BCUT2D eigenvalue weighted by Crippen LogP contribution is -2.10. The first kappa shape index (κ1) is 15.7. The highest BCUT2D eigenvalue weighted by molar-refractivity contribution is 6.43. The highest BCUT2D eigenvalue weighted by Crippen LogP contribution is 2.29. The third-order valence-electron chi connectivity index (χ3n) is 3.34. The normalized spacial score (nSPS) is 10.5. The summed E-state index contributed by atoms with van der Waals surface area (Å²) in [5, 5.41) is 12.2. The van der Waals surface area contributed by atoms with Gasteiger partial charge in [-0.2, -0.15) is 0 Å². The Balaban J connectivity index is 2.11. The van der Waals surface area contributed by atoms with Gasteiger partial charge in [0, 0.05) is 17.4 Å². The van der Waals surface area contributed by atoms with Crippen LogP contribution in [0.2, 0.25) is 0 Å². The number of H-pyrrole nitrogens is 1. The zero-order valence-electron chi connectivity index (χ0n) is 12.2. The number of hydrogen-bond donors (Lipinski definition) is 3. The van der Waals surface area contributed by atoms with Gasteiger partial charge in [-0.05, 0) is 12.1 Å². The standard InChI is InChI=1S/C16H11ClN4O3/c1-8(17)15(22)21-10-4-2-3-9(5-10)13-12-11(16(23)24)6-18-14(12)20-7-19-13/h2-7H,1H2,(H,21,22)(H,23,24)(H,18,19,20). The van der Waals surface area contributed by atoms with Crippen LogP contribution >= 0.6 is 11.6 Å². The molecule has 0 unspecified atom stereocenters. The summed E-state index contributed by atoms with van der Waals surface area (Å²) in [7, 11) is 0. The molecule has 0 aliphatic heterocycles. The number of nitrogens with zero attached hydrogens (tertiary/aromatic N) is 2. The number of fused-ring (bicyclic) bond motifs is 1. The number of hydrogen-bond acceptors (Lipinski definition) is 4. The molecule has 1 amide bonds. The van der Waals surface area contributed by atoms with Crippen LogP contribution in [0.5, 0.6) is 0 Å². The van der Waals surface area contributed by atoms with Gasteiger partial charge in [0.05, 0.1) is 21.7 Å². The molecule has 2 heterocycles. The second-order valence-electron chi connectivity index (χ2n) is 4.89. The quantitative estimate of drug-likeness (QED) is 0.631. The fourth-order valence-corrected chi connectivity index (χ4v) is 2.34. The monoisotopic (exact) mass is 342 g/mol. The summed E-state index contributed by atoms with van der Waals surface area (Å²) in [4.78, 5) is 34.1. The molecule has 0 aliphatic rings. The van der Waals surface area contributed by atoms with E-state index in [2.05, 4.69) is 26.8 Å². The number of carboxylic acids is 1. The summed E-state index contributed by atoms with van der Waals surface area (Å²) in [6.45, 7) is 3.36. The molecule has 120 valence electrons. The predicted molar refractivity (Wildman–Crippen MR) is 89.9 cm³/mol. The molecule has 0 bridgehead atoms. The molecule has 24 heavy (non-hydrogen) atoms. The lowest BCUT2D eigenvalue weighted by molar-refractivity contribution is -0.112. The predicted octanol–water partition coefficient (Wildman–Crippen LogP) is 3.01. The van der Waals surface area contributed by atoms with E-state index in [1.54, 1.807) is 24.3 Å². The van der Waals surface area contributed by atoms with Crippen molar-refractivity contribution in [1.29, 1.82) is 0 Å². The molecule has 0 aliphatic carbocycles. The third kappa shape index (κ3) is 2.84. The fraction of sp³-hybridized carbons (Fsp3) is 0. The molecule has 1 aromatic carbocycles. The molecule has 2 aromatic heterocycles. The molecule has 0 fully saturated rings. The third-order valence-corrected chi connectivity index (χ3v) is 3.51. The van der Waals surface area contributed by atoms with Crippen LogP contribution in [0.25, 0.3) is 22.3 Å². The minimum absolute atomic E-state index is 0.0733. The van der Waals surface area contributed by atoms with Gasteiger partial charge in [0.15, 0.2) is 0 Å². The first-order valence-corrected chi connectivity index (χ1v) is 7.16. The number of carboxylic acid groups (broad SMARTS) is 1. The van der Waals surface area contributed by atoms with Crippen molar-refractivity contribution in [1.82, 2.24) is 15.0 Å². The molecule has 8 heteroatoms. The zero-order chi connectivity index (χ0) is 17.3. The van der Waals surface area contributed by atoms with Gasteiger partial charge in [0.2, 0.25) is 0 Å². The number of benzene rings is 1. The summed E-state index contributed by atoms with van der Waals surface area (Å²) in [6, 6.07) is 6.81. The summed E-state index contributed by atoms with van der Waals surface area (Å²) in [5.41, 5.74) is 2.05. The van der Waals surface area contributed by atoms with Crippen molar-refractivity contribution in [3.05, 3.63) is 54.0 Å². The van der Waals surface area contributed by atoms with Crippen LogP contribution in [0, 0.1) is 0 Å². The number of nitrogens with one attached hydrogen (secondary N) is 2. The number of aromatic carboxylic acids is 1. The molecule has 3 rings (SSSR count). The first-order valence-electron chi connectivity index (χ1n) is 6.79.